The summed E-state index contributed by atoms with van der Waals surface area (Å²) in [5.41, 5.74) is 2.48. The largest absolute Gasteiger partial charge is 0.489 e. The quantitative estimate of drug-likeness (QED) is 0.784. The molecule has 0 spiro atoms. The van der Waals surface area contributed by atoms with Crippen LogP contribution in [0, 0.1) is 0 Å². The Labute approximate surface area is 111 Å². The Morgan fingerprint density at radius 3 is 3.16 bits per heavy atom. The Hall–Kier alpha value is -2.43. The van der Waals surface area contributed by atoms with Crippen molar-refractivity contribution in [2.45, 2.75) is 6.54 Å². The highest BCUT2D eigenvalue weighted by atomic mass is 16.5. The van der Waals surface area contributed by atoms with Crippen LogP contribution in [0.1, 0.15) is 15.9 Å². The van der Waals surface area contributed by atoms with Crippen molar-refractivity contribution in [3.05, 3.63) is 47.8 Å². The molecule has 5 heteroatoms. The van der Waals surface area contributed by atoms with Gasteiger partial charge in [-0.25, -0.2) is 0 Å². The van der Waals surface area contributed by atoms with Crippen molar-refractivity contribution < 1.29 is 9.53 Å². The van der Waals surface area contributed by atoms with E-state index in [1.54, 1.807) is 6.07 Å². The summed E-state index contributed by atoms with van der Waals surface area (Å²) < 4.78 is 5.58. The highest BCUT2D eigenvalue weighted by molar-refractivity contribution is 5.98. The van der Waals surface area contributed by atoms with Gasteiger partial charge >= 0.3 is 0 Å². The number of para-hydroxylation sites is 1. The number of rotatable bonds is 3. The number of hydrogen-bond donors (Lipinski definition) is 3. The summed E-state index contributed by atoms with van der Waals surface area (Å²) in [6.07, 6.45) is 3.69. The van der Waals surface area contributed by atoms with E-state index in [1.165, 1.54) is 0 Å². The van der Waals surface area contributed by atoms with Crippen molar-refractivity contribution in [1.29, 1.82) is 0 Å². The summed E-state index contributed by atoms with van der Waals surface area (Å²) in [7, 11) is 0. The van der Waals surface area contributed by atoms with E-state index < -0.39 is 0 Å². The van der Waals surface area contributed by atoms with E-state index in [0.29, 0.717) is 24.5 Å². The van der Waals surface area contributed by atoms with E-state index in [9.17, 15) is 4.79 Å². The summed E-state index contributed by atoms with van der Waals surface area (Å²) in [6.45, 7) is 1.84. The zero-order chi connectivity index (χ0) is 13.1. The van der Waals surface area contributed by atoms with E-state index >= 15 is 0 Å². The minimum Gasteiger partial charge on any atom is -0.489 e. The standard InChI is InChI=1S/C14H15N3O2/c18-14(17-9-10-4-5-15-8-10)11-2-1-3-12-13(11)19-7-6-16-12/h1-5,8,15-16H,6-7,9H2,(H,17,18). The monoisotopic (exact) mass is 257 g/mol. The highest BCUT2D eigenvalue weighted by Crippen LogP contribution is 2.31. The lowest BCUT2D eigenvalue weighted by atomic mass is 10.1. The summed E-state index contributed by atoms with van der Waals surface area (Å²) in [4.78, 5) is 15.1. The number of anilines is 1. The van der Waals surface area contributed by atoms with Gasteiger partial charge in [-0.2, -0.15) is 0 Å². The van der Waals surface area contributed by atoms with Crippen LogP contribution in [0.4, 0.5) is 5.69 Å². The van der Waals surface area contributed by atoms with Gasteiger partial charge in [0, 0.05) is 25.5 Å². The summed E-state index contributed by atoms with van der Waals surface area (Å²) in [5.74, 6) is 0.516. The van der Waals surface area contributed by atoms with E-state index in [0.717, 1.165) is 17.8 Å². The number of carbonyl (C=O) groups excluding carboxylic acids is 1. The topological polar surface area (TPSA) is 66.2 Å². The van der Waals surface area contributed by atoms with Gasteiger partial charge in [0.2, 0.25) is 0 Å². The number of carbonyl (C=O) groups is 1. The molecular formula is C14H15N3O2. The summed E-state index contributed by atoms with van der Waals surface area (Å²) >= 11 is 0. The number of amides is 1. The van der Waals surface area contributed by atoms with Gasteiger partial charge in [-0.3, -0.25) is 4.79 Å². The highest BCUT2D eigenvalue weighted by Gasteiger charge is 2.18. The van der Waals surface area contributed by atoms with Crippen LogP contribution in [0.3, 0.4) is 0 Å². The fourth-order valence-electron chi connectivity index (χ4n) is 2.10. The Balaban J connectivity index is 1.76. The van der Waals surface area contributed by atoms with Gasteiger partial charge in [-0.15, -0.1) is 0 Å². The third-order valence-electron chi connectivity index (χ3n) is 3.04. The van der Waals surface area contributed by atoms with Gasteiger partial charge in [-0.05, 0) is 23.8 Å². The van der Waals surface area contributed by atoms with Gasteiger partial charge < -0.3 is 20.4 Å². The molecule has 5 nitrogen and oxygen atoms in total. The molecule has 2 aromatic rings. The van der Waals surface area contributed by atoms with E-state index in [1.807, 2.05) is 30.6 Å². The molecule has 3 N–H and O–H groups in total. The lowest BCUT2D eigenvalue weighted by Crippen LogP contribution is -2.26. The van der Waals surface area contributed by atoms with Crippen LogP contribution in [0.15, 0.2) is 36.7 Å². The molecule has 0 saturated heterocycles. The zero-order valence-corrected chi connectivity index (χ0v) is 10.4. The number of nitrogens with one attached hydrogen (secondary N) is 3. The van der Waals surface area contributed by atoms with Crippen LogP contribution in [0.2, 0.25) is 0 Å². The minimum atomic E-state index is -0.123. The van der Waals surface area contributed by atoms with Crippen LogP contribution < -0.4 is 15.4 Å². The molecule has 0 fully saturated rings. The molecule has 2 heterocycles. The number of fused-ring (bicyclic) bond motifs is 1. The van der Waals surface area contributed by atoms with Crippen LogP contribution >= 0.6 is 0 Å². The molecule has 1 amide bonds. The second-order valence-electron chi connectivity index (χ2n) is 4.36. The number of H-pyrrole nitrogens is 1. The first-order valence-electron chi connectivity index (χ1n) is 6.24. The van der Waals surface area contributed by atoms with Crippen LogP contribution in [0.5, 0.6) is 5.75 Å². The zero-order valence-electron chi connectivity index (χ0n) is 10.4. The average molecular weight is 257 g/mol. The van der Waals surface area contributed by atoms with Gasteiger partial charge in [0.1, 0.15) is 6.61 Å². The van der Waals surface area contributed by atoms with Gasteiger partial charge in [0.15, 0.2) is 5.75 Å². The number of aromatic nitrogens is 1. The molecular weight excluding hydrogens is 242 g/mol. The maximum atomic E-state index is 12.2. The molecule has 19 heavy (non-hydrogen) atoms. The molecule has 0 radical (unpaired) electrons. The lowest BCUT2D eigenvalue weighted by molar-refractivity contribution is 0.0947. The normalized spacial score (nSPS) is 13.1. The number of hydrogen-bond acceptors (Lipinski definition) is 3. The molecule has 0 atom stereocenters. The molecule has 1 aromatic heterocycles. The Morgan fingerprint density at radius 1 is 1.37 bits per heavy atom. The summed E-state index contributed by atoms with van der Waals surface area (Å²) in [5, 5.41) is 6.10. The Kier molecular flexibility index (Phi) is 3.10. The summed E-state index contributed by atoms with van der Waals surface area (Å²) in [6, 6.07) is 7.47. The molecule has 1 aliphatic rings. The second-order valence-corrected chi connectivity index (χ2v) is 4.36. The van der Waals surface area contributed by atoms with Gasteiger partial charge in [0.05, 0.1) is 11.3 Å². The molecule has 0 aliphatic carbocycles. The molecule has 0 bridgehead atoms. The third kappa shape index (κ3) is 2.40. The molecule has 0 unspecified atom stereocenters. The van der Waals surface area contributed by atoms with Crippen molar-refractivity contribution in [3.63, 3.8) is 0 Å². The third-order valence-corrected chi connectivity index (χ3v) is 3.04. The van der Waals surface area contributed by atoms with Crippen LogP contribution in [-0.4, -0.2) is 24.0 Å². The van der Waals surface area contributed by atoms with Crippen molar-refractivity contribution in [2.75, 3.05) is 18.5 Å². The minimum absolute atomic E-state index is 0.123. The van der Waals surface area contributed by atoms with Crippen molar-refractivity contribution in [1.82, 2.24) is 10.3 Å². The maximum absolute atomic E-state index is 12.2. The number of benzene rings is 1. The molecule has 3 rings (SSSR count). The van der Waals surface area contributed by atoms with Gasteiger partial charge in [0.25, 0.3) is 5.91 Å². The van der Waals surface area contributed by atoms with Crippen LogP contribution in [-0.2, 0) is 6.54 Å². The van der Waals surface area contributed by atoms with Crippen LogP contribution in [0.25, 0.3) is 0 Å². The molecule has 98 valence electrons. The van der Waals surface area contributed by atoms with Crippen molar-refractivity contribution in [3.8, 4) is 5.75 Å². The van der Waals surface area contributed by atoms with E-state index in [2.05, 4.69) is 15.6 Å². The first-order chi connectivity index (χ1) is 9.34. The predicted molar refractivity (Wildman–Crippen MR) is 72.4 cm³/mol. The van der Waals surface area contributed by atoms with Gasteiger partial charge in [-0.1, -0.05) is 6.07 Å². The van der Waals surface area contributed by atoms with E-state index in [-0.39, 0.29) is 5.91 Å². The fraction of sp³-hybridized carbons (Fsp3) is 0.214. The molecule has 0 saturated carbocycles. The Morgan fingerprint density at radius 2 is 2.32 bits per heavy atom. The second kappa shape index (κ2) is 5.06. The van der Waals surface area contributed by atoms with Crippen molar-refractivity contribution >= 4 is 11.6 Å². The Bertz CT molecular complexity index is 578. The fourth-order valence-corrected chi connectivity index (χ4v) is 2.10. The SMILES string of the molecule is O=C(NCc1cc[nH]c1)c1cccc2c1OCCN2. The average Bonchev–Trinajstić information content (AvgIpc) is 2.97. The molecule has 1 aromatic carbocycles. The van der Waals surface area contributed by atoms with E-state index in [4.69, 9.17) is 4.74 Å². The first kappa shape index (κ1) is 11.6. The maximum Gasteiger partial charge on any atom is 0.255 e. The number of ether oxygens (including phenoxy) is 1. The predicted octanol–water partition coefficient (Wildman–Crippen LogP) is 1.75. The molecule has 1 aliphatic heterocycles. The number of aromatic amines is 1. The van der Waals surface area contributed by atoms with Crippen molar-refractivity contribution in [2.24, 2.45) is 0 Å². The first-order valence-corrected chi connectivity index (χ1v) is 6.24. The smallest absolute Gasteiger partial charge is 0.255 e. The lowest BCUT2D eigenvalue weighted by Gasteiger charge is -2.21.